The molecule has 4 aliphatic rings. The topological polar surface area (TPSA) is 0 Å². The van der Waals surface area contributed by atoms with E-state index in [0.29, 0.717) is 13.3 Å². The van der Waals surface area contributed by atoms with Crippen LogP contribution in [-0.4, -0.2) is 5.49 Å². The minimum atomic E-state index is -2.53. The molecule has 0 amide bonds. The molecule has 3 aromatic carbocycles. The molecule has 0 aromatic heterocycles. The fourth-order valence-corrected chi connectivity index (χ4v) is 36.5. The van der Waals surface area contributed by atoms with Crippen molar-refractivity contribution >= 4 is 11.1 Å². The molecule has 0 nitrogen and oxygen atoms in total. The first kappa shape index (κ1) is 33.6. The zero-order valence-corrected chi connectivity index (χ0v) is 32.1. The van der Waals surface area contributed by atoms with Crippen LogP contribution in [0.25, 0.3) is 5.57 Å². The summed E-state index contributed by atoms with van der Waals surface area (Å²) in [6, 6.07) is 33.5. The molecule has 224 valence electrons. The number of allylic oxidation sites excluding steroid dienone is 16. The second-order valence-electron chi connectivity index (χ2n) is 12.3. The van der Waals surface area contributed by atoms with Gasteiger partial charge < -0.3 is 24.8 Å². The Morgan fingerprint density at radius 3 is 1.51 bits per heavy atom. The summed E-state index contributed by atoms with van der Waals surface area (Å²) >= 11 is -2.53. The molecule has 3 aromatic rings. The molecule has 4 heteroatoms. The minimum absolute atomic E-state index is 0. The summed E-state index contributed by atoms with van der Waals surface area (Å²) in [7, 11) is 0. The number of rotatable bonds is 5. The number of hydrogen-bond acceptors (Lipinski definition) is 0. The molecule has 0 heterocycles. The van der Waals surface area contributed by atoms with Crippen molar-refractivity contribution in [3.8, 4) is 0 Å². The van der Waals surface area contributed by atoms with Gasteiger partial charge in [-0.2, -0.15) is 0 Å². The van der Waals surface area contributed by atoms with E-state index in [-0.39, 0.29) is 30.7 Å². The van der Waals surface area contributed by atoms with E-state index >= 15 is 0 Å². The molecule has 0 bridgehead atoms. The van der Waals surface area contributed by atoms with Crippen LogP contribution in [0.5, 0.6) is 0 Å². The Labute approximate surface area is 289 Å². The van der Waals surface area contributed by atoms with Gasteiger partial charge in [-0.05, 0) is 0 Å². The monoisotopic (exact) mass is 808 g/mol. The largest absolute Gasteiger partial charge is 1.00 e. The molecule has 0 spiro atoms. The van der Waals surface area contributed by atoms with Gasteiger partial charge >= 0.3 is 267 Å². The molecule has 0 N–H and O–H groups in total. The van der Waals surface area contributed by atoms with Crippen LogP contribution in [0.1, 0.15) is 35.4 Å². The van der Waals surface area contributed by atoms with Crippen molar-refractivity contribution in [2.75, 3.05) is 0 Å². The van der Waals surface area contributed by atoms with Crippen molar-refractivity contribution in [1.82, 2.24) is 0 Å². The zero-order chi connectivity index (χ0) is 29.3. The fourth-order valence-electron chi connectivity index (χ4n) is 7.57. The van der Waals surface area contributed by atoms with Gasteiger partial charge in [-0.25, -0.2) is 0 Å². The SMILES string of the molecule is CC1=CC2=C(C=CC=CC2c2ccccc2)[CH]1[Hf+2]([CH]1C(c2ccccc2)=CC2=C1C=CC=CC2c1ccccc1)=[Si](C)C.[Cl-].[Cl-]. The predicted molar refractivity (Wildman–Crippen MR) is 182 cm³/mol. The fraction of sp³-hybridized carbons (Fsp3) is 0.171. The number of benzene rings is 3. The van der Waals surface area contributed by atoms with Crippen molar-refractivity contribution in [2.45, 2.75) is 39.2 Å². The van der Waals surface area contributed by atoms with E-state index in [1.165, 1.54) is 27.8 Å². The molecule has 45 heavy (non-hydrogen) atoms. The van der Waals surface area contributed by atoms with E-state index in [1.807, 2.05) is 0 Å². The van der Waals surface area contributed by atoms with E-state index in [0.717, 1.165) is 0 Å². The zero-order valence-electron chi connectivity index (χ0n) is 26.0. The first-order valence-corrected chi connectivity index (χ1v) is 27.6. The maximum Gasteiger partial charge on any atom is -1.00 e. The molecule has 0 fully saturated rings. The van der Waals surface area contributed by atoms with Gasteiger partial charge in [0.1, 0.15) is 0 Å². The van der Waals surface area contributed by atoms with Crippen LogP contribution in [0.4, 0.5) is 0 Å². The molecule has 0 saturated heterocycles. The van der Waals surface area contributed by atoms with Crippen molar-refractivity contribution < 1.29 is 44.9 Å². The van der Waals surface area contributed by atoms with Gasteiger partial charge in [-0.15, -0.1) is 0 Å². The van der Waals surface area contributed by atoms with Crippen LogP contribution in [0.3, 0.4) is 0 Å². The summed E-state index contributed by atoms with van der Waals surface area (Å²) in [5.41, 5.74) is 13.1. The van der Waals surface area contributed by atoms with Crippen LogP contribution in [0.15, 0.2) is 180 Å². The molecule has 4 atom stereocenters. The molecular weight excluding hydrogens is 770 g/mol. The van der Waals surface area contributed by atoms with E-state index < -0.39 is 25.6 Å². The van der Waals surface area contributed by atoms with E-state index in [2.05, 4.69) is 172 Å². The van der Waals surface area contributed by atoms with E-state index in [4.69, 9.17) is 0 Å². The Morgan fingerprint density at radius 1 is 0.533 bits per heavy atom. The molecule has 4 aliphatic carbocycles. The van der Waals surface area contributed by atoms with Crippen LogP contribution in [-0.2, 0) is 20.1 Å². The van der Waals surface area contributed by atoms with Gasteiger partial charge in [-0.1, -0.05) is 0 Å². The van der Waals surface area contributed by atoms with Gasteiger partial charge in [0.15, 0.2) is 0 Å². The maximum absolute atomic E-state index is 2.64. The van der Waals surface area contributed by atoms with Gasteiger partial charge in [0.2, 0.25) is 0 Å². The summed E-state index contributed by atoms with van der Waals surface area (Å²) in [5, 5.41) is 0. The third-order valence-corrected chi connectivity index (χ3v) is 37.2. The molecule has 0 radical (unpaired) electrons. The van der Waals surface area contributed by atoms with Gasteiger partial charge in [0, 0.05) is 0 Å². The second kappa shape index (κ2) is 14.8. The Balaban J connectivity index is 0.00000200. The average Bonchev–Trinajstić information content (AvgIpc) is 3.36. The van der Waals surface area contributed by atoms with Crippen LogP contribution < -0.4 is 24.8 Å². The Morgan fingerprint density at radius 2 is 1.00 bits per heavy atom. The van der Waals surface area contributed by atoms with E-state index in [9.17, 15) is 0 Å². The standard InChI is InChI=1S/C22H17.C17H15.C2H6Si.2ClH.Hf/c1-3-9-17(10-4-1)20-15-19-13-7-8-14-21(22(19)16-20)18-11-5-2-6-12-18;1-13-11-15-9-5-6-10-16(17(15)12-13)14-7-3-2-4-8-14;1-3-2;;;/h1-16,21H;2-12,16H,1H3;1-2H3;2*1H;/q;;;;;+2/p-2. The first-order chi connectivity index (χ1) is 21.1. The summed E-state index contributed by atoms with van der Waals surface area (Å²) in [5.74, 6) is 0.598. The number of halogens is 2. The predicted octanol–water partition coefficient (Wildman–Crippen LogP) is 4.91. The van der Waals surface area contributed by atoms with Crippen LogP contribution in [0.2, 0.25) is 20.4 Å². The van der Waals surface area contributed by atoms with E-state index in [1.54, 1.807) is 22.3 Å². The molecule has 4 unspecified atom stereocenters. The third-order valence-electron chi connectivity index (χ3n) is 9.42. The second-order valence-corrected chi connectivity index (χ2v) is 37.2. The van der Waals surface area contributed by atoms with Crippen LogP contribution >= 0.6 is 0 Å². The molecule has 0 saturated carbocycles. The van der Waals surface area contributed by atoms with Gasteiger partial charge in [0.25, 0.3) is 0 Å². The summed E-state index contributed by atoms with van der Waals surface area (Å²) in [4.78, 5) is 0. The van der Waals surface area contributed by atoms with Crippen molar-refractivity contribution in [2.24, 2.45) is 0 Å². The summed E-state index contributed by atoms with van der Waals surface area (Å²) in [6.07, 6.45) is 24.2. The molecule has 7 rings (SSSR count). The Hall–Kier alpha value is -2.75. The quantitative estimate of drug-likeness (QED) is 0.322. The average molecular weight is 808 g/mol. The van der Waals surface area contributed by atoms with Gasteiger partial charge in [-0.3, -0.25) is 0 Å². The van der Waals surface area contributed by atoms with Crippen LogP contribution in [0, 0.1) is 0 Å². The van der Waals surface area contributed by atoms with Crippen molar-refractivity contribution in [3.63, 3.8) is 0 Å². The van der Waals surface area contributed by atoms with Gasteiger partial charge in [0.05, 0.1) is 0 Å². The summed E-state index contributed by atoms with van der Waals surface area (Å²) in [6.45, 7) is 7.72. The normalized spacial score (nSPS) is 22.6. The summed E-state index contributed by atoms with van der Waals surface area (Å²) < 4.78 is 1.16. The van der Waals surface area contributed by atoms with Crippen molar-refractivity contribution in [1.29, 1.82) is 0 Å². The number of hydrogen-bond donors (Lipinski definition) is 0. The molecule has 0 aliphatic heterocycles. The first-order valence-electron chi connectivity index (χ1n) is 15.5. The Kier molecular flexibility index (Phi) is 11.0. The third kappa shape index (κ3) is 6.45. The minimum Gasteiger partial charge on any atom is -1.00 e. The maximum atomic E-state index is 2.64. The van der Waals surface area contributed by atoms with Crippen molar-refractivity contribution in [3.05, 3.63) is 196 Å². The Bertz CT molecular complexity index is 1830. The smallest absolute Gasteiger partial charge is 1.00 e. The molecular formula is C41H38Cl2HfSi.